The number of anilines is 1. The van der Waals surface area contributed by atoms with Crippen LogP contribution in [0.3, 0.4) is 0 Å². The second kappa shape index (κ2) is 6.73. The number of nitrogens with one attached hydrogen (secondary N) is 1. The first kappa shape index (κ1) is 14.8. The third-order valence-electron chi connectivity index (χ3n) is 4.24. The molecule has 0 spiro atoms. The molecule has 1 aliphatic rings. The van der Waals surface area contributed by atoms with Gasteiger partial charge in [0.1, 0.15) is 0 Å². The zero-order valence-electron chi connectivity index (χ0n) is 12.8. The molecule has 0 unspecified atom stereocenters. The van der Waals surface area contributed by atoms with Gasteiger partial charge in [-0.05, 0) is 37.0 Å². The van der Waals surface area contributed by atoms with Gasteiger partial charge in [0, 0.05) is 11.5 Å². The Balaban J connectivity index is 1.64. The first-order valence-electron chi connectivity index (χ1n) is 8.00. The highest BCUT2D eigenvalue weighted by molar-refractivity contribution is 6.03. The van der Waals surface area contributed by atoms with Crippen molar-refractivity contribution in [3.63, 3.8) is 0 Å². The predicted octanol–water partition coefficient (Wildman–Crippen LogP) is 3.93. The molecular formula is C17H21N3O2. The zero-order chi connectivity index (χ0) is 15.4. The van der Waals surface area contributed by atoms with Gasteiger partial charge < -0.3 is 4.42 Å². The number of carbonyl (C=O) groups is 1. The minimum Gasteiger partial charge on any atom is -0.408 e. The number of aromatic nitrogens is 2. The maximum atomic E-state index is 12.2. The van der Waals surface area contributed by atoms with E-state index in [9.17, 15) is 4.79 Å². The van der Waals surface area contributed by atoms with Crippen molar-refractivity contribution in [3.8, 4) is 0 Å². The molecule has 0 aliphatic heterocycles. The van der Waals surface area contributed by atoms with E-state index in [2.05, 4.69) is 22.4 Å². The van der Waals surface area contributed by atoms with Gasteiger partial charge in [-0.25, -0.2) is 0 Å². The summed E-state index contributed by atoms with van der Waals surface area (Å²) in [5.74, 6) is 0.772. The fourth-order valence-electron chi connectivity index (χ4n) is 2.86. The van der Waals surface area contributed by atoms with Crippen molar-refractivity contribution in [2.24, 2.45) is 0 Å². The lowest BCUT2D eigenvalue weighted by Gasteiger charge is -2.17. The van der Waals surface area contributed by atoms with Crippen molar-refractivity contribution in [1.82, 2.24) is 10.2 Å². The van der Waals surface area contributed by atoms with Crippen molar-refractivity contribution >= 4 is 11.9 Å². The van der Waals surface area contributed by atoms with Crippen LogP contribution >= 0.6 is 0 Å². The Morgan fingerprint density at radius 3 is 2.59 bits per heavy atom. The number of rotatable bonds is 4. The molecule has 2 aromatic rings. The molecule has 5 heteroatoms. The van der Waals surface area contributed by atoms with Gasteiger partial charge in [-0.2, -0.15) is 0 Å². The second-order valence-corrected chi connectivity index (χ2v) is 5.78. The standard InChI is InChI=1S/C17H21N3O2/c1-2-12-8-10-13(11-9-12)15(21)18-17-20-19-16(22-17)14-6-4-3-5-7-14/h8-11,14H,2-7H2,1H3,(H,18,20,21). The van der Waals surface area contributed by atoms with Crippen molar-refractivity contribution in [2.45, 2.75) is 51.4 Å². The monoisotopic (exact) mass is 299 g/mol. The summed E-state index contributed by atoms with van der Waals surface area (Å²) in [6.45, 7) is 2.08. The largest absolute Gasteiger partial charge is 0.408 e. The topological polar surface area (TPSA) is 68.0 Å². The van der Waals surface area contributed by atoms with E-state index in [-0.39, 0.29) is 11.9 Å². The summed E-state index contributed by atoms with van der Waals surface area (Å²) in [7, 11) is 0. The van der Waals surface area contributed by atoms with E-state index in [1.54, 1.807) is 0 Å². The summed E-state index contributed by atoms with van der Waals surface area (Å²) in [6, 6.07) is 7.72. The van der Waals surface area contributed by atoms with Crippen LogP contribution in [0, 0.1) is 0 Å². The molecule has 1 aliphatic carbocycles. The Bertz CT molecular complexity index is 628. The summed E-state index contributed by atoms with van der Waals surface area (Å²) in [5, 5.41) is 10.7. The molecule has 0 atom stereocenters. The number of nitrogens with zero attached hydrogens (tertiary/aromatic N) is 2. The average Bonchev–Trinajstić information content (AvgIpc) is 3.04. The van der Waals surface area contributed by atoms with E-state index in [1.165, 1.54) is 24.8 Å². The molecule has 1 heterocycles. The quantitative estimate of drug-likeness (QED) is 0.928. The molecule has 1 aromatic heterocycles. The molecule has 22 heavy (non-hydrogen) atoms. The first-order chi connectivity index (χ1) is 10.8. The summed E-state index contributed by atoms with van der Waals surface area (Å²) < 4.78 is 5.61. The number of aryl methyl sites for hydroxylation is 1. The van der Waals surface area contributed by atoms with E-state index in [0.717, 1.165) is 19.3 Å². The first-order valence-corrected chi connectivity index (χ1v) is 8.00. The fourth-order valence-corrected chi connectivity index (χ4v) is 2.86. The van der Waals surface area contributed by atoms with Crippen LogP contribution in [0.5, 0.6) is 0 Å². The summed E-state index contributed by atoms with van der Waals surface area (Å²) in [6.07, 6.45) is 6.83. The van der Waals surface area contributed by atoms with Gasteiger partial charge in [0.15, 0.2) is 0 Å². The molecule has 1 N–H and O–H groups in total. The van der Waals surface area contributed by atoms with E-state index in [0.29, 0.717) is 17.4 Å². The number of carbonyl (C=O) groups excluding carboxylic acids is 1. The van der Waals surface area contributed by atoms with Crippen LogP contribution in [0.4, 0.5) is 6.01 Å². The van der Waals surface area contributed by atoms with Gasteiger partial charge in [0.25, 0.3) is 5.91 Å². The van der Waals surface area contributed by atoms with Gasteiger partial charge in [0.05, 0.1) is 0 Å². The molecule has 1 saturated carbocycles. The molecule has 116 valence electrons. The molecular weight excluding hydrogens is 278 g/mol. The molecule has 0 bridgehead atoms. The minimum absolute atomic E-state index is 0.185. The number of amides is 1. The Labute approximate surface area is 130 Å². The second-order valence-electron chi connectivity index (χ2n) is 5.78. The predicted molar refractivity (Wildman–Crippen MR) is 83.9 cm³/mol. The Hall–Kier alpha value is -2.17. The minimum atomic E-state index is -0.221. The van der Waals surface area contributed by atoms with Crippen LogP contribution in [0.15, 0.2) is 28.7 Å². The van der Waals surface area contributed by atoms with Crippen molar-refractivity contribution < 1.29 is 9.21 Å². The molecule has 0 saturated heterocycles. The normalized spacial score (nSPS) is 15.7. The van der Waals surface area contributed by atoms with Crippen LogP contribution in [0.2, 0.25) is 0 Å². The van der Waals surface area contributed by atoms with Gasteiger partial charge in [-0.3, -0.25) is 10.1 Å². The molecule has 3 rings (SSSR count). The molecule has 1 aromatic carbocycles. The fraction of sp³-hybridized carbons (Fsp3) is 0.471. The summed E-state index contributed by atoms with van der Waals surface area (Å²) in [5.41, 5.74) is 1.79. The van der Waals surface area contributed by atoms with Gasteiger partial charge in [-0.15, -0.1) is 5.10 Å². The smallest absolute Gasteiger partial charge is 0.322 e. The lowest BCUT2D eigenvalue weighted by Crippen LogP contribution is -2.12. The zero-order valence-corrected chi connectivity index (χ0v) is 12.8. The van der Waals surface area contributed by atoms with Crippen LogP contribution < -0.4 is 5.32 Å². The highest BCUT2D eigenvalue weighted by Gasteiger charge is 2.21. The van der Waals surface area contributed by atoms with Crippen molar-refractivity contribution in [1.29, 1.82) is 0 Å². The molecule has 1 amide bonds. The highest BCUT2D eigenvalue weighted by Crippen LogP contribution is 2.32. The summed E-state index contributed by atoms with van der Waals surface area (Å²) in [4.78, 5) is 12.2. The van der Waals surface area contributed by atoms with Crippen LogP contribution in [0.25, 0.3) is 0 Å². The lowest BCUT2D eigenvalue weighted by molar-refractivity contribution is 0.102. The van der Waals surface area contributed by atoms with Crippen molar-refractivity contribution in [3.05, 3.63) is 41.3 Å². The summed E-state index contributed by atoms with van der Waals surface area (Å²) >= 11 is 0. The molecule has 5 nitrogen and oxygen atoms in total. The number of hydrogen-bond acceptors (Lipinski definition) is 4. The maximum absolute atomic E-state index is 12.2. The average molecular weight is 299 g/mol. The molecule has 0 radical (unpaired) electrons. The number of hydrogen-bond donors (Lipinski definition) is 1. The Kier molecular flexibility index (Phi) is 4.51. The van der Waals surface area contributed by atoms with Gasteiger partial charge in [0.2, 0.25) is 5.89 Å². The van der Waals surface area contributed by atoms with Gasteiger partial charge in [-0.1, -0.05) is 43.4 Å². The van der Waals surface area contributed by atoms with E-state index >= 15 is 0 Å². The van der Waals surface area contributed by atoms with Crippen LogP contribution in [0.1, 0.15) is 66.8 Å². The van der Waals surface area contributed by atoms with Crippen LogP contribution in [-0.4, -0.2) is 16.1 Å². The molecule has 1 fully saturated rings. The number of benzene rings is 1. The van der Waals surface area contributed by atoms with E-state index in [1.807, 2.05) is 24.3 Å². The maximum Gasteiger partial charge on any atom is 0.322 e. The Morgan fingerprint density at radius 2 is 1.91 bits per heavy atom. The Morgan fingerprint density at radius 1 is 1.18 bits per heavy atom. The lowest BCUT2D eigenvalue weighted by atomic mass is 9.89. The SMILES string of the molecule is CCc1ccc(C(=O)Nc2nnc(C3CCCCC3)o2)cc1. The third kappa shape index (κ3) is 3.35. The van der Waals surface area contributed by atoms with Crippen molar-refractivity contribution in [2.75, 3.05) is 5.32 Å². The van der Waals surface area contributed by atoms with Gasteiger partial charge >= 0.3 is 6.01 Å². The highest BCUT2D eigenvalue weighted by atomic mass is 16.4. The van der Waals surface area contributed by atoms with E-state index in [4.69, 9.17) is 4.42 Å². The third-order valence-corrected chi connectivity index (χ3v) is 4.24. The van der Waals surface area contributed by atoms with Crippen LogP contribution in [-0.2, 0) is 6.42 Å². The van der Waals surface area contributed by atoms with E-state index < -0.39 is 0 Å².